The van der Waals surface area contributed by atoms with E-state index in [1.807, 2.05) is 11.8 Å². The Kier molecular flexibility index (Phi) is 7.98. The van der Waals surface area contributed by atoms with Gasteiger partial charge in [0.2, 0.25) is 17.7 Å². The molecule has 8 nitrogen and oxygen atoms in total. The first-order valence-electron chi connectivity index (χ1n) is 10.6. The van der Waals surface area contributed by atoms with E-state index >= 15 is 0 Å². The first kappa shape index (κ1) is 23.4. The number of likely N-dealkylation sites (N-methyl/N-ethyl adjacent to an activating group) is 1. The van der Waals surface area contributed by atoms with Crippen LogP contribution in [0.3, 0.4) is 0 Å². The molecule has 3 rings (SSSR count). The average molecular weight is 454 g/mol. The van der Waals surface area contributed by atoms with Crippen LogP contribution in [0.5, 0.6) is 0 Å². The number of anilines is 3. The molecule has 0 aliphatic heterocycles. The van der Waals surface area contributed by atoms with Crippen molar-refractivity contribution in [2.24, 2.45) is 0 Å². The van der Waals surface area contributed by atoms with Crippen molar-refractivity contribution in [2.45, 2.75) is 39.5 Å². The van der Waals surface area contributed by atoms with E-state index in [0.717, 1.165) is 24.8 Å². The third-order valence-corrected chi connectivity index (χ3v) is 6.45. The van der Waals surface area contributed by atoms with Crippen molar-refractivity contribution in [2.75, 3.05) is 35.6 Å². The van der Waals surface area contributed by atoms with Crippen LogP contribution >= 0.6 is 11.3 Å². The second-order valence-corrected chi connectivity index (χ2v) is 8.75. The molecule has 1 aliphatic rings. The second kappa shape index (κ2) is 10.9. The minimum absolute atomic E-state index is 0.156. The lowest BCUT2D eigenvalue weighted by Gasteiger charge is -2.19. The highest BCUT2D eigenvalue weighted by Gasteiger charge is 2.23. The van der Waals surface area contributed by atoms with Gasteiger partial charge in [0.05, 0.1) is 12.1 Å². The Bertz CT molecular complexity index is 1040. The van der Waals surface area contributed by atoms with E-state index in [-0.39, 0.29) is 30.7 Å². The van der Waals surface area contributed by atoms with Gasteiger partial charge in [0, 0.05) is 36.1 Å². The number of carbonyl (C=O) groups is 3. The summed E-state index contributed by atoms with van der Waals surface area (Å²) in [6, 6.07) is 9.11. The molecule has 0 saturated heterocycles. The third-order valence-electron chi connectivity index (χ3n) is 5.24. The van der Waals surface area contributed by atoms with Crippen molar-refractivity contribution < 1.29 is 14.4 Å². The Balaban J connectivity index is 1.47. The highest BCUT2D eigenvalue weighted by Crippen LogP contribution is 2.38. The van der Waals surface area contributed by atoms with Gasteiger partial charge in [0.25, 0.3) is 0 Å². The SMILES string of the molecule is CCN(CCC(=O)Nc1sc2c(c1C#N)CCC2)CC(=O)Nc1ccc(NC(C)=O)cc1. The van der Waals surface area contributed by atoms with E-state index in [0.29, 0.717) is 35.0 Å². The van der Waals surface area contributed by atoms with Crippen LogP contribution < -0.4 is 16.0 Å². The van der Waals surface area contributed by atoms with Gasteiger partial charge in [0.15, 0.2) is 0 Å². The lowest BCUT2D eigenvalue weighted by molar-refractivity contribution is -0.119. The summed E-state index contributed by atoms with van der Waals surface area (Å²) in [6.45, 7) is 4.59. The number of benzene rings is 1. The predicted octanol–water partition coefficient (Wildman–Crippen LogP) is 3.36. The van der Waals surface area contributed by atoms with Crippen LogP contribution in [0.25, 0.3) is 0 Å². The monoisotopic (exact) mass is 453 g/mol. The highest BCUT2D eigenvalue weighted by molar-refractivity contribution is 7.16. The van der Waals surface area contributed by atoms with Crippen molar-refractivity contribution >= 4 is 45.4 Å². The fourth-order valence-corrected chi connectivity index (χ4v) is 4.91. The summed E-state index contributed by atoms with van der Waals surface area (Å²) in [5, 5.41) is 18.5. The summed E-state index contributed by atoms with van der Waals surface area (Å²) >= 11 is 1.50. The van der Waals surface area contributed by atoms with E-state index in [2.05, 4.69) is 22.0 Å². The fourth-order valence-electron chi connectivity index (χ4n) is 3.65. The summed E-state index contributed by atoms with van der Waals surface area (Å²) in [5.41, 5.74) is 2.98. The number of carbonyl (C=O) groups excluding carboxylic acids is 3. The normalized spacial score (nSPS) is 12.2. The van der Waals surface area contributed by atoms with Gasteiger partial charge in [0.1, 0.15) is 11.1 Å². The van der Waals surface area contributed by atoms with Gasteiger partial charge in [-0.15, -0.1) is 11.3 Å². The quantitative estimate of drug-likeness (QED) is 0.539. The summed E-state index contributed by atoms with van der Waals surface area (Å²) in [6.07, 6.45) is 3.18. The molecule has 1 heterocycles. The number of rotatable bonds is 9. The summed E-state index contributed by atoms with van der Waals surface area (Å²) in [7, 11) is 0. The van der Waals surface area contributed by atoms with Crippen molar-refractivity contribution in [3.63, 3.8) is 0 Å². The lowest BCUT2D eigenvalue weighted by Crippen LogP contribution is -2.35. The Morgan fingerprint density at radius 1 is 1.06 bits per heavy atom. The Hall–Kier alpha value is -3.22. The Labute approximate surface area is 191 Å². The molecule has 9 heteroatoms. The molecule has 0 spiro atoms. The molecule has 0 fully saturated rings. The zero-order chi connectivity index (χ0) is 23.1. The molecule has 3 amide bonds. The third kappa shape index (κ3) is 6.15. The average Bonchev–Trinajstić information content (AvgIpc) is 3.32. The van der Waals surface area contributed by atoms with Crippen molar-refractivity contribution in [1.29, 1.82) is 5.26 Å². The van der Waals surface area contributed by atoms with E-state index in [1.165, 1.54) is 23.1 Å². The van der Waals surface area contributed by atoms with Gasteiger partial charge in [-0.2, -0.15) is 5.26 Å². The molecule has 1 aromatic carbocycles. The number of amides is 3. The lowest BCUT2D eigenvalue weighted by atomic mass is 10.1. The van der Waals surface area contributed by atoms with Crippen LogP contribution in [-0.4, -0.2) is 42.3 Å². The van der Waals surface area contributed by atoms with E-state index in [1.54, 1.807) is 24.3 Å². The number of nitrogens with zero attached hydrogens (tertiary/aromatic N) is 2. The predicted molar refractivity (Wildman–Crippen MR) is 126 cm³/mol. The molecule has 0 bridgehead atoms. The van der Waals surface area contributed by atoms with Crippen molar-refractivity contribution in [3.05, 3.63) is 40.3 Å². The number of thiophene rings is 1. The number of fused-ring (bicyclic) bond motifs is 1. The maximum absolute atomic E-state index is 12.4. The smallest absolute Gasteiger partial charge is 0.238 e. The highest BCUT2D eigenvalue weighted by atomic mass is 32.1. The van der Waals surface area contributed by atoms with Crippen LogP contribution in [-0.2, 0) is 27.2 Å². The Morgan fingerprint density at radius 3 is 2.38 bits per heavy atom. The van der Waals surface area contributed by atoms with E-state index < -0.39 is 0 Å². The molecule has 0 saturated carbocycles. The maximum Gasteiger partial charge on any atom is 0.238 e. The van der Waals surface area contributed by atoms with E-state index in [9.17, 15) is 19.6 Å². The molecule has 32 heavy (non-hydrogen) atoms. The number of hydrogen-bond acceptors (Lipinski definition) is 6. The van der Waals surface area contributed by atoms with Gasteiger partial charge in [-0.1, -0.05) is 6.92 Å². The minimum atomic E-state index is -0.180. The molecule has 168 valence electrons. The van der Waals surface area contributed by atoms with Crippen LogP contribution in [0.15, 0.2) is 24.3 Å². The summed E-state index contributed by atoms with van der Waals surface area (Å²) in [5.74, 6) is -0.494. The first-order valence-corrected chi connectivity index (χ1v) is 11.5. The molecular weight excluding hydrogens is 426 g/mol. The van der Waals surface area contributed by atoms with Gasteiger partial charge < -0.3 is 16.0 Å². The minimum Gasteiger partial charge on any atom is -0.326 e. The number of nitriles is 1. The maximum atomic E-state index is 12.4. The largest absolute Gasteiger partial charge is 0.326 e. The zero-order valence-electron chi connectivity index (χ0n) is 18.3. The van der Waals surface area contributed by atoms with Gasteiger partial charge in [-0.3, -0.25) is 19.3 Å². The Morgan fingerprint density at radius 2 is 1.75 bits per heavy atom. The molecule has 3 N–H and O–H groups in total. The van der Waals surface area contributed by atoms with Crippen molar-refractivity contribution in [1.82, 2.24) is 4.90 Å². The number of nitrogens with one attached hydrogen (secondary N) is 3. The molecule has 0 unspecified atom stereocenters. The second-order valence-electron chi connectivity index (χ2n) is 7.65. The number of aryl methyl sites for hydroxylation is 1. The van der Waals surface area contributed by atoms with Crippen molar-refractivity contribution in [3.8, 4) is 6.07 Å². The molecule has 0 radical (unpaired) electrons. The van der Waals surface area contributed by atoms with Gasteiger partial charge >= 0.3 is 0 Å². The first-order chi connectivity index (χ1) is 15.4. The van der Waals surface area contributed by atoms with Crippen LogP contribution in [0, 0.1) is 11.3 Å². The van der Waals surface area contributed by atoms with E-state index in [4.69, 9.17) is 0 Å². The van der Waals surface area contributed by atoms with Gasteiger partial charge in [-0.05, 0) is 55.6 Å². The van der Waals surface area contributed by atoms with Crippen LogP contribution in [0.2, 0.25) is 0 Å². The van der Waals surface area contributed by atoms with Crippen LogP contribution in [0.1, 0.15) is 42.7 Å². The standard InChI is InChI=1S/C23H27N5O3S/c1-3-28(14-22(31)26-17-9-7-16(8-10-17)25-15(2)29)12-11-21(30)27-23-19(13-24)18-5-4-6-20(18)32-23/h7-10H,3-6,11-12,14H2,1-2H3,(H,25,29)(H,26,31)(H,27,30). The summed E-state index contributed by atoms with van der Waals surface area (Å²) < 4.78 is 0. The zero-order valence-corrected chi connectivity index (χ0v) is 19.1. The molecule has 1 aliphatic carbocycles. The topological polar surface area (TPSA) is 114 Å². The fraction of sp³-hybridized carbons (Fsp3) is 0.391. The summed E-state index contributed by atoms with van der Waals surface area (Å²) in [4.78, 5) is 39.0. The van der Waals surface area contributed by atoms with Gasteiger partial charge in [-0.25, -0.2) is 0 Å². The molecule has 1 aromatic heterocycles. The molecule has 0 atom stereocenters. The number of hydrogen-bond donors (Lipinski definition) is 3. The molecule has 2 aromatic rings. The van der Waals surface area contributed by atoms with Crippen LogP contribution in [0.4, 0.5) is 16.4 Å². The molecular formula is C23H27N5O3S.